The molecule has 4 rings (SSSR count). The van der Waals surface area contributed by atoms with Crippen LogP contribution in [0.15, 0.2) is 66.5 Å². The number of halogens is 1. The lowest BCUT2D eigenvalue weighted by Gasteiger charge is -2.06. The van der Waals surface area contributed by atoms with E-state index in [2.05, 4.69) is 30.4 Å². The molecule has 1 aliphatic carbocycles. The number of carbonyl (C=O) groups excluding carboxylic acids is 2. The van der Waals surface area contributed by atoms with Crippen LogP contribution in [0.2, 0.25) is 0 Å². The van der Waals surface area contributed by atoms with Gasteiger partial charge in [0, 0.05) is 36.2 Å². The van der Waals surface area contributed by atoms with E-state index < -0.39 is 0 Å². The summed E-state index contributed by atoms with van der Waals surface area (Å²) in [6.07, 6.45) is 6.26. The molecule has 0 saturated carbocycles. The van der Waals surface area contributed by atoms with Crippen LogP contribution in [-0.4, -0.2) is 18.7 Å². The molecule has 158 valence electrons. The van der Waals surface area contributed by atoms with E-state index in [4.69, 9.17) is 0 Å². The minimum absolute atomic E-state index is 0. The molecule has 1 aliphatic rings. The van der Waals surface area contributed by atoms with Gasteiger partial charge in [0.15, 0.2) is 24.7 Å². The first-order chi connectivity index (χ1) is 14.5. The van der Waals surface area contributed by atoms with Crippen molar-refractivity contribution >= 4 is 17.8 Å². The number of carbonyl (C=O) groups is 2. The summed E-state index contributed by atoms with van der Waals surface area (Å²) >= 11 is 0. The number of benzene rings is 2. The zero-order valence-corrected chi connectivity index (χ0v) is 19.5. The van der Waals surface area contributed by atoms with Gasteiger partial charge in [-0.3, -0.25) is 9.59 Å². The number of hydrogen-bond donors (Lipinski definition) is 1. The zero-order chi connectivity index (χ0) is 21.3. The van der Waals surface area contributed by atoms with Crippen LogP contribution >= 0.6 is 0 Å². The van der Waals surface area contributed by atoms with Crippen molar-refractivity contribution in [3.8, 4) is 0 Å². The fourth-order valence-corrected chi connectivity index (χ4v) is 3.89. The Morgan fingerprint density at radius 1 is 1.10 bits per heavy atom. The van der Waals surface area contributed by atoms with Crippen LogP contribution in [-0.2, 0) is 13.0 Å². The van der Waals surface area contributed by atoms with Crippen molar-refractivity contribution in [2.45, 2.75) is 26.8 Å². The Hall–Kier alpha value is -3.05. The minimum Gasteiger partial charge on any atom is -1.00 e. The molecule has 31 heavy (non-hydrogen) atoms. The molecule has 0 aliphatic heterocycles. The van der Waals surface area contributed by atoms with Crippen molar-refractivity contribution in [2.24, 2.45) is 0 Å². The van der Waals surface area contributed by atoms with Crippen molar-refractivity contribution in [2.75, 3.05) is 7.05 Å². The molecule has 0 spiro atoms. The van der Waals surface area contributed by atoms with Gasteiger partial charge in [-0.1, -0.05) is 36.4 Å². The van der Waals surface area contributed by atoms with Crippen molar-refractivity contribution in [3.05, 3.63) is 105 Å². The smallest absolute Gasteiger partial charge is 0.257 e. The Balaban J connectivity index is 0.00000272. The van der Waals surface area contributed by atoms with Gasteiger partial charge in [0.2, 0.25) is 0 Å². The molecule has 0 atom stereocenters. The number of allylic oxidation sites excluding steroid dienone is 1. The normalized spacial score (nSPS) is 13.6. The highest BCUT2D eigenvalue weighted by Gasteiger charge is 2.26. The molecule has 0 unspecified atom stereocenters. The lowest BCUT2D eigenvalue weighted by Crippen LogP contribution is -3.00. The molecule has 3 aromatic rings. The summed E-state index contributed by atoms with van der Waals surface area (Å²) < 4.78 is 1.99. The number of nitrogens with one attached hydrogen (secondary N) is 1. The Morgan fingerprint density at radius 2 is 1.81 bits per heavy atom. The summed E-state index contributed by atoms with van der Waals surface area (Å²) in [5.74, 6) is -0.115. The average molecular weight is 477 g/mol. The molecular weight excluding hydrogens is 452 g/mol. The molecule has 1 N–H and O–H groups in total. The number of fused-ring (bicyclic) bond motifs is 1. The third-order valence-corrected chi connectivity index (χ3v) is 5.70. The zero-order valence-electron chi connectivity index (χ0n) is 17.9. The van der Waals surface area contributed by atoms with Gasteiger partial charge in [0.05, 0.1) is 0 Å². The highest BCUT2D eigenvalue weighted by molar-refractivity contribution is 6.16. The summed E-state index contributed by atoms with van der Waals surface area (Å²) in [6, 6.07) is 16.1. The molecule has 1 heterocycles. The van der Waals surface area contributed by atoms with Gasteiger partial charge >= 0.3 is 0 Å². The average Bonchev–Trinajstić information content (AvgIpc) is 3.04. The number of aromatic nitrogens is 1. The first-order valence-electron chi connectivity index (χ1n) is 10.1. The Morgan fingerprint density at radius 3 is 2.52 bits per heavy atom. The Kier molecular flexibility index (Phi) is 6.86. The first kappa shape index (κ1) is 22.6. The first-order valence-corrected chi connectivity index (χ1v) is 10.1. The van der Waals surface area contributed by atoms with Crippen LogP contribution in [0.3, 0.4) is 0 Å². The summed E-state index contributed by atoms with van der Waals surface area (Å²) in [4.78, 5) is 25.5. The van der Waals surface area contributed by atoms with Gasteiger partial charge in [-0.25, -0.2) is 0 Å². The van der Waals surface area contributed by atoms with Crippen molar-refractivity contribution in [3.63, 3.8) is 0 Å². The number of hydrogen-bond acceptors (Lipinski definition) is 2. The van der Waals surface area contributed by atoms with E-state index in [-0.39, 0.29) is 28.7 Å². The van der Waals surface area contributed by atoms with E-state index in [0.717, 1.165) is 33.4 Å². The van der Waals surface area contributed by atoms with Crippen LogP contribution in [0.25, 0.3) is 6.08 Å². The van der Waals surface area contributed by atoms with E-state index in [1.165, 1.54) is 5.56 Å². The van der Waals surface area contributed by atoms with Gasteiger partial charge in [-0.15, -0.1) is 0 Å². The predicted octanol–water partition coefficient (Wildman–Crippen LogP) is 0.825. The predicted molar refractivity (Wildman–Crippen MR) is 117 cm³/mol. The molecule has 1 amide bonds. The number of nitrogens with zero attached hydrogens (tertiary/aromatic N) is 1. The molecule has 0 radical (unpaired) electrons. The highest BCUT2D eigenvalue weighted by atomic mass is 79.9. The van der Waals surface area contributed by atoms with Crippen molar-refractivity contribution in [1.82, 2.24) is 5.32 Å². The maximum absolute atomic E-state index is 12.9. The quantitative estimate of drug-likeness (QED) is 0.447. The Labute approximate surface area is 193 Å². The number of rotatable bonds is 4. The van der Waals surface area contributed by atoms with E-state index >= 15 is 0 Å². The molecule has 0 saturated heterocycles. The fourth-order valence-electron chi connectivity index (χ4n) is 3.89. The van der Waals surface area contributed by atoms with Crippen LogP contribution in [0, 0.1) is 13.8 Å². The molecular formula is C26H25BrN2O2. The van der Waals surface area contributed by atoms with Gasteiger partial charge in [-0.05, 0) is 48.2 Å². The number of amides is 1. The van der Waals surface area contributed by atoms with Crippen LogP contribution in [0.1, 0.15) is 48.5 Å². The summed E-state index contributed by atoms with van der Waals surface area (Å²) in [7, 11) is 1.62. The van der Waals surface area contributed by atoms with E-state index in [0.29, 0.717) is 18.5 Å². The summed E-state index contributed by atoms with van der Waals surface area (Å²) in [6.45, 7) is 4.76. The van der Waals surface area contributed by atoms with Crippen molar-refractivity contribution in [1.29, 1.82) is 0 Å². The maximum Gasteiger partial charge on any atom is 0.257 e. The topological polar surface area (TPSA) is 50.1 Å². The van der Waals surface area contributed by atoms with Gasteiger partial charge in [0.1, 0.15) is 5.56 Å². The van der Waals surface area contributed by atoms with Gasteiger partial charge in [0.25, 0.3) is 5.91 Å². The molecule has 5 heteroatoms. The molecule has 1 aromatic heterocycles. The van der Waals surface area contributed by atoms with Crippen LogP contribution < -0.4 is 26.9 Å². The summed E-state index contributed by atoms with van der Waals surface area (Å²) in [5, 5.41) is 2.71. The third-order valence-electron chi connectivity index (χ3n) is 5.70. The van der Waals surface area contributed by atoms with Crippen molar-refractivity contribution < 1.29 is 31.1 Å². The maximum atomic E-state index is 12.9. The number of aryl methyl sites for hydroxylation is 2. The second-order valence-electron chi connectivity index (χ2n) is 7.82. The standard InChI is InChI=1S/C26H24N2O2.BrH/c1-17-11-21-14-22(25(29)23(21)12-18(17)2)13-20-9-10-28(16-24(20)26(30)27-3)15-19-7-5-4-6-8-19;/h4-13,16H,14-15H2,1-3H3;1H/b22-13+;. The van der Waals surface area contributed by atoms with Crippen LogP contribution in [0.4, 0.5) is 0 Å². The molecule has 0 bridgehead atoms. The number of ketones is 1. The second kappa shape index (κ2) is 9.40. The molecule has 2 aromatic carbocycles. The van der Waals surface area contributed by atoms with Gasteiger partial charge < -0.3 is 22.3 Å². The molecule has 4 nitrogen and oxygen atoms in total. The Bertz CT molecular complexity index is 1180. The lowest BCUT2D eigenvalue weighted by molar-refractivity contribution is -0.688. The fraction of sp³-hybridized carbons (Fsp3) is 0.192. The number of pyridine rings is 1. The van der Waals surface area contributed by atoms with Crippen LogP contribution in [0.5, 0.6) is 0 Å². The van der Waals surface area contributed by atoms with Gasteiger partial charge in [-0.2, -0.15) is 4.57 Å². The summed E-state index contributed by atoms with van der Waals surface area (Å²) in [5.41, 5.74) is 7.34. The van der Waals surface area contributed by atoms with E-state index in [9.17, 15) is 9.59 Å². The van der Waals surface area contributed by atoms with E-state index in [1.54, 1.807) is 7.05 Å². The third kappa shape index (κ3) is 4.67. The highest BCUT2D eigenvalue weighted by Crippen LogP contribution is 2.30. The second-order valence-corrected chi connectivity index (χ2v) is 7.82. The SMILES string of the molecule is CNC(=O)c1c[n+](Cc2ccccc2)ccc1/C=C1\Cc2cc(C)c(C)cc2C1=O.[Br-]. The lowest BCUT2D eigenvalue weighted by atomic mass is 10.0. The monoisotopic (exact) mass is 476 g/mol. The largest absolute Gasteiger partial charge is 1.00 e. The molecule has 0 fully saturated rings. The number of Topliss-reactive ketones (excluding diaryl/α,β-unsaturated/α-hetero) is 1. The van der Waals surface area contributed by atoms with E-state index in [1.807, 2.05) is 60.3 Å². The minimum atomic E-state index is -0.168.